The fraction of sp³-hybridized carbons (Fsp3) is 0.571. The number of ether oxygens (including phenoxy) is 1. The number of aromatic carboxylic acids is 1. The first-order chi connectivity index (χ1) is 9.26. The average molecular weight is 281 g/mol. The first-order valence-electron chi connectivity index (χ1n) is 6.59. The molecular formula is C14H19NO5. The molecule has 0 aliphatic carbocycles. The average Bonchev–Trinajstić information content (AvgIpc) is 2.59. The molecule has 2 rings (SSSR count). The van der Waals surface area contributed by atoms with Crippen LogP contribution in [-0.2, 0) is 17.7 Å². The van der Waals surface area contributed by atoms with E-state index in [2.05, 4.69) is 0 Å². The minimum atomic E-state index is -1.10. The highest BCUT2D eigenvalue weighted by Gasteiger charge is 2.27. The number of amides is 1. The van der Waals surface area contributed by atoms with Crippen LogP contribution in [0.5, 0.6) is 0 Å². The Balaban J connectivity index is 2.15. The molecule has 0 aromatic carbocycles. The Bertz CT molecular complexity index is 526. The summed E-state index contributed by atoms with van der Waals surface area (Å²) in [7, 11) is 0. The number of carbonyl (C=O) groups excluding carboxylic acids is 1. The first-order valence-corrected chi connectivity index (χ1v) is 6.59. The molecule has 20 heavy (non-hydrogen) atoms. The third-order valence-corrected chi connectivity index (χ3v) is 2.95. The highest BCUT2D eigenvalue weighted by atomic mass is 16.6. The second-order valence-corrected chi connectivity index (χ2v) is 5.87. The van der Waals surface area contributed by atoms with Gasteiger partial charge in [-0.05, 0) is 33.3 Å². The van der Waals surface area contributed by atoms with Crippen molar-refractivity contribution < 1.29 is 23.8 Å². The van der Waals surface area contributed by atoms with Crippen LogP contribution in [0.1, 0.15) is 49.1 Å². The molecule has 1 aromatic heterocycles. The molecule has 1 aliphatic heterocycles. The second-order valence-electron chi connectivity index (χ2n) is 5.87. The van der Waals surface area contributed by atoms with E-state index in [1.54, 1.807) is 4.90 Å². The van der Waals surface area contributed by atoms with Gasteiger partial charge in [0.05, 0.1) is 6.54 Å². The van der Waals surface area contributed by atoms with E-state index < -0.39 is 11.6 Å². The summed E-state index contributed by atoms with van der Waals surface area (Å²) in [4.78, 5) is 24.6. The molecule has 1 aliphatic rings. The molecule has 1 amide bonds. The summed E-state index contributed by atoms with van der Waals surface area (Å²) in [6.45, 7) is 6.33. The molecule has 110 valence electrons. The Morgan fingerprint density at radius 3 is 2.70 bits per heavy atom. The maximum Gasteiger partial charge on any atom is 0.410 e. The zero-order valence-electron chi connectivity index (χ0n) is 11.9. The van der Waals surface area contributed by atoms with Crippen molar-refractivity contribution in [2.24, 2.45) is 0 Å². The van der Waals surface area contributed by atoms with Gasteiger partial charge in [0.15, 0.2) is 0 Å². The normalized spacial score (nSPS) is 15.4. The highest BCUT2D eigenvalue weighted by molar-refractivity contribution is 5.84. The maximum atomic E-state index is 12.1. The van der Waals surface area contributed by atoms with E-state index in [1.807, 2.05) is 20.8 Å². The van der Waals surface area contributed by atoms with Crippen LogP contribution in [0.2, 0.25) is 0 Å². The Morgan fingerprint density at radius 1 is 1.40 bits per heavy atom. The minimum Gasteiger partial charge on any atom is -0.475 e. The number of nitrogens with zero attached hydrogens (tertiary/aromatic N) is 1. The molecule has 1 aromatic rings. The summed E-state index contributed by atoms with van der Waals surface area (Å²) in [5, 5.41) is 8.93. The number of fused-ring (bicyclic) bond motifs is 1. The van der Waals surface area contributed by atoms with Gasteiger partial charge in [0.1, 0.15) is 11.4 Å². The summed E-state index contributed by atoms with van der Waals surface area (Å²) in [6, 6.07) is 1.49. The molecular weight excluding hydrogens is 262 g/mol. The van der Waals surface area contributed by atoms with Crippen LogP contribution in [0.3, 0.4) is 0 Å². The second kappa shape index (κ2) is 5.19. The van der Waals surface area contributed by atoms with Gasteiger partial charge in [-0.2, -0.15) is 0 Å². The monoisotopic (exact) mass is 281 g/mol. The smallest absolute Gasteiger partial charge is 0.410 e. The molecule has 0 saturated heterocycles. The molecule has 1 N–H and O–H groups in total. The number of hydrogen-bond donors (Lipinski definition) is 1. The zero-order chi connectivity index (χ0) is 14.9. The SMILES string of the molecule is CC(C)(C)OC(=O)N1CCCc2oc(C(=O)O)cc2C1. The summed E-state index contributed by atoms with van der Waals surface area (Å²) >= 11 is 0. The summed E-state index contributed by atoms with van der Waals surface area (Å²) in [5.41, 5.74) is 0.195. The van der Waals surface area contributed by atoms with Crippen molar-refractivity contribution in [3.63, 3.8) is 0 Å². The molecule has 6 heteroatoms. The Labute approximate surface area is 117 Å². The van der Waals surface area contributed by atoms with Gasteiger partial charge in [0.2, 0.25) is 5.76 Å². The number of carboxylic acid groups (broad SMARTS) is 1. The van der Waals surface area contributed by atoms with Crippen molar-refractivity contribution in [3.05, 3.63) is 23.2 Å². The van der Waals surface area contributed by atoms with Gasteiger partial charge in [-0.1, -0.05) is 0 Å². The first kappa shape index (κ1) is 14.4. The van der Waals surface area contributed by atoms with E-state index in [4.69, 9.17) is 14.3 Å². The Hall–Kier alpha value is -1.98. The molecule has 0 saturated carbocycles. The summed E-state index contributed by atoms with van der Waals surface area (Å²) in [5.74, 6) is -0.531. The third-order valence-electron chi connectivity index (χ3n) is 2.95. The van der Waals surface area contributed by atoms with Crippen molar-refractivity contribution in [2.45, 2.75) is 45.8 Å². The van der Waals surface area contributed by atoms with Gasteiger partial charge >= 0.3 is 12.1 Å². The molecule has 2 heterocycles. The summed E-state index contributed by atoms with van der Waals surface area (Å²) < 4.78 is 10.6. The van der Waals surface area contributed by atoms with Gasteiger partial charge in [0, 0.05) is 18.5 Å². The van der Waals surface area contributed by atoms with Crippen molar-refractivity contribution in [1.29, 1.82) is 0 Å². The molecule has 0 unspecified atom stereocenters. The van der Waals surface area contributed by atoms with Crippen molar-refractivity contribution in [3.8, 4) is 0 Å². The van der Waals surface area contributed by atoms with Gasteiger partial charge < -0.3 is 19.2 Å². The van der Waals surface area contributed by atoms with Crippen LogP contribution in [0.25, 0.3) is 0 Å². The minimum absolute atomic E-state index is 0.0824. The quantitative estimate of drug-likeness (QED) is 0.856. The number of hydrogen-bond acceptors (Lipinski definition) is 4. The van der Waals surface area contributed by atoms with E-state index in [-0.39, 0.29) is 11.9 Å². The molecule has 0 atom stereocenters. The molecule has 0 radical (unpaired) electrons. The van der Waals surface area contributed by atoms with Crippen LogP contribution in [0.15, 0.2) is 10.5 Å². The fourth-order valence-electron chi connectivity index (χ4n) is 2.11. The van der Waals surface area contributed by atoms with E-state index in [1.165, 1.54) is 6.07 Å². The lowest BCUT2D eigenvalue weighted by molar-refractivity contribution is 0.0237. The predicted octanol–water partition coefficient (Wildman–Crippen LogP) is 2.66. The maximum absolute atomic E-state index is 12.1. The zero-order valence-corrected chi connectivity index (χ0v) is 11.9. The van der Waals surface area contributed by atoms with Gasteiger partial charge in [-0.25, -0.2) is 9.59 Å². The molecule has 0 bridgehead atoms. The molecule has 0 spiro atoms. The number of rotatable bonds is 1. The van der Waals surface area contributed by atoms with E-state index in [0.717, 1.165) is 12.0 Å². The lowest BCUT2D eigenvalue weighted by atomic mass is 10.2. The van der Waals surface area contributed by atoms with E-state index in [9.17, 15) is 9.59 Å². The summed E-state index contributed by atoms with van der Waals surface area (Å²) in [6.07, 6.45) is 0.962. The van der Waals surface area contributed by atoms with Crippen LogP contribution in [0, 0.1) is 0 Å². The van der Waals surface area contributed by atoms with Crippen molar-refractivity contribution >= 4 is 12.1 Å². The van der Waals surface area contributed by atoms with Crippen molar-refractivity contribution in [1.82, 2.24) is 4.90 Å². The number of carbonyl (C=O) groups is 2. The predicted molar refractivity (Wildman–Crippen MR) is 70.6 cm³/mol. The standard InChI is InChI=1S/C14H19NO5/c1-14(2,3)20-13(18)15-6-4-5-10-9(8-15)7-11(19-10)12(16)17/h7H,4-6,8H2,1-3H3,(H,16,17). The van der Waals surface area contributed by atoms with Crippen LogP contribution < -0.4 is 0 Å². The highest BCUT2D eigenvalue weighted by Crippen LogP contribution is 2.24. The lowest BCUT2D eigenvalue weighted by Gasteiger charge is -2.26. The van der Waals surface area contributed by atoms with Crippen molar-refractivity contribution in [2.75, 3.05) is 6.54 Å². The largest absolute Gasteiger partial charge is 0.475 e. The fourth-order valence-corrected chi connectivity index (χ4v) is 2.11. The number of furan rings is 1. The Morgan fingerprint density at radius 2 is 2.10 bits per heavy atom. The Kier molecular flexibility index (Phi) is 3.74. The van der Waals surface area contributed by atoms with Gasteiger partial charge in [-0.3, -0.25) is 0 Å². The van der Waals surface area contributed by atoms with Crippen LogP contribution >= 0.6 is 0 Å². The van der Waals surface area contributed by atoms with Crippen LogP contribution in [-0.4, -0.2) is 34.2 Å². The number of carboxylic acids is 1. The van der Waals surface area contributed by atoms with Gasteiger partial charge in [-0.15, -0.1) is 0 Å². The van der Waals surface area contributed by atoms with Gasteiger partial charge in [0.25, 0.3) is 0 Å². The molecule has 6 nitrogen and oxygen atoms in total. The lowest BCUT2D eigenvalue weighted by Crippen LogP contribution is -2.36. The van der Waals surface area contributed by atoms with Crippen LogP contribution in [0.4, 0.5) is 4.79 Å². The van der Waals surface area contributed by atoms with E-state index >= 15 is 0 Å². The third kappa shape index (κ3) is 3.31. The molecule has 0 fully saturated rings. The van der Waals surface area contributed by atoms with E-state index in [0.29, 0.717) is 25.3 Å². The number of aryl methyl sites for hydroxylation is 1. The topological polar surface area (TPSA) is 80.0 Å².